The first kappa shape index (κ1) is 12.5. The molecule has 0 spiro atoms. The fourth-order valence-electron chi connectivity index (χ4n) is 1.22. The van der Waals surface area contributed by atoms with Crippen LogP contribution in [0.2, 0.25) is 0 Å². The Morgan fingerprint density at radius 2 is 1.83 bits per heavy atom. The third-order valence-electron chi connectivity index (χ3n) is 2.13. The largest absolute Gasteiger partial charge is 0.478 e. The summed E-state index contributed by atoms with van der Waals surface area (Å²) in [5.74, 6) is -0.283. The Kier molecular flexibility index (Phi) is 3.88. The normalized spacial score (nSPS) is 10.3. The highest BCUT2D eigenvalue weighted by atomic mass is 32.2. The summed E-state index contributed by atoms with van der Waals surface area (Å²) in [5.41, 5.74) is 0.0607. The number of carbonyl (C=O) groups is 1. The predicted octanol–water partition coefficient (Wildman–Crippen LogP) is 2.61. The smallest absolute Gasteiger partial charge is 0.338 e. The lowest BCUT2D eigenvalue weighted by atomic mass is 10.3. The predicted molar refractivity (Wildman–Crippen MR) is 65.0 cm³/mol. The quantitative estimate of drug-likeness (QED) is 0.860. The van der Waals surface area contributed by atoms with E-state index < -0.39 is 5.97 Å². The van der Waals surface area contributed by atoms with Crippen molar-refractivity contribution in [2.24, 2.45) is 0 Å². The van der Waals surface area contributed by atoms with E-state index in [1.165, 1.54) is 36.3 Å². The second-order valence-electron chi connectivity index (χ2n) is 3.44. The van der Waals surface area contributed by atoms with Gasteiger partial charge < -0.3 is 5.11 Å². The molecule has 18 heavy (non-hydrogen) atoms. The van der Waals surface area contributed by atoms with E-state index in [-0.39, 0.29) is 11.4 Å². The van der Waals surface area contributed by atoms with E-state index in [9.17, 15) is 9.18 Å². The van der Waals surface area contributed by atoms with Crippen molar-refractivity contribution in [2.45, 2.75) is 10.6 Å². The molecule has 1 aromatic heterocycles. The molecule has 6 heteroatoms. The molecule has 0 atom stereocenters. The number of hydrogen-bond acceptors (Lipinski definition) is 4. The van der Waals surface area contributed by atoms with Gasteiger partial charge in [-0.3, -0.25) is 0 Å². The Labute approximate surface area is 107 Å². The van der Waals surface area contributed by atoms with Crippen molar-refractivity contribution in [1.29, 1.82) is 0 Å². The van der Waals surface area contributed by atoms with Crippen LogP contribution in [-0.2, 0) is 5.75 Å². The van der Waals surface area contributed by atoms with Crippen LogP contribution in [0.3, 0.4) is 0 Å². The van der Waals surface area contributed by atoms with E-state index in [0.717, 1.165) is 4.90 Å². The van der Waals surface area contributed by atoms with Gasteiger partial charge in [-0.25, -0.2) is 19.2 Å². The maximum absolute atomic E-state index is 12.7. The van der Waals surface area contributed by atoms with Crippen molar-refractivity contribution >= 4 is 17.7 Å². The van der Waals surface area contributed by atoms with Gasteiger partial charge in [0.15, 0.2) is 0 Å². The second-order valence-corrected chi connectivity index (χ2v) is 4.48. The lowest BCUT2D eigenvalue weighted by molar-refractivity contribution is 0.0696. The second kappa shape index (κ2) is 5.59. The Bertz CT molecular complexity index is 543. The maximum Gasteiger partial charge on any atom is 0.338 e. The van der Waals surface area contributed by atoms with Gasteiger partial charge in [-0.05, 0) is 24.3 Å². The first-order chi connectivity index (χ1) is 8.65. The summed E-state index contributed by atoms with van der Waals surface area (Å²) in [4.78, 5) is 19.4. The fraction of sp³-hybridized carbons (Fsp3) is 0.0833. The van der Waals surface area contributed by atoms with E-state index in [1.807, 2.05) is 0 Å². The van der Waals surface area contributed by atoms with E-state index in [0.29, 0.717) is 11.6 Å². The number of thioether (sulfide) groups is 1. The molecule has 1 N–H and O–H groups in total. The van der Waals surface area contributed by atoms with Gasteiger partial charge in [0.25, 0.3) is 0 Å². The topological polar surface area (TPSA) is 63.1 Å². The van der Waals surface area contributed by atoms with Crippen molar-refractivity contribution in [2.75, 3.05) is 0 Å². The van der Waals surface area contributed by atoms with Gasteiger partial charge in [0, 0.05) is 17.3 Å². The van der Waals surface area contributed by atoms with Crippen LogP contribution < -0.4 is 0 Å². The first-order valence-corrected chi connectivity index (χ1v) is 6.06. The minimum absolute atomic E-state index is 0.0607. The summed E-state index contributed by atoms with van der Waals surface area (Å²) >= 11 is 1.46. The van der Waals surface area contributed by atoms with Gasteiger partial charge in [0.05, 0.1) is 11.3 Å². The number of carboxylic acids is 1. The lowest BCUT2D eigenvalue weighted by Gasteiger charge is -2.01. The first-order valence-electron chi connectivity index (χ1n) is 5.08. The summed E-state index contributed by atoms with van der Waals surface area (Å²) in [7, 11) is 0. The van der Waals surface area contributed by atoms with Gasteiger partial charge in [-0.2, -0.15) is 0 Å². The number of rotatable bonds is 4. The van der Waals surface area contributed by atoms with Crippen LogP contribution in [0.25, 0.3) is 0 Å². The molecule has 0 bridgehead atoms. The molecule has 0 aliphatic heterocycles. The van der Waals surface area contributed by atoms with Crippen LogP contribution in [-0.4, -0.2) is 21.0 Å². The Balaban J connectivity index is 1.97. The molecule has 0 unspecified atom stereocenters. The molecule has 0 aliphatic carbocycles. The molecule has 0 aliphatic rings. The Morgan fingerprint density at radius 1 is 1.22 bits per heavy atom. The molecular weight excluding hydrogens is 255 g/mol. The number of nitrogens with zero attached hydrogens (tertiary/aromatic N) is 2. The van der Waals surface area contributed by atoms with Crippen LogP contribution >= 0.6 is 11.8 Å². The number of hydrogen-bond donors (Lipinski definition) is 1. The molecular formula is C12H9FN2O2S. The van der Waals surface area contributed by atoms with Crippen LogP contribution in [0.5, 0.6) is 0 Å². The van der Waals surface area contributed by atoms with Crippen molar-refractivity contribution in [1.82, 2.24) is 9.97 Å². The number of carboxylic acid groups (broad SMARTS) is 1. The van der Waals surface area contributed by atoms with Gasteiger partial charge in [-0.15, -0.1) is 11.8 Å². The molecule has 0 fully saturated rings. The maximum atomic E-state index is 12.7. The summed E-state index contributed by atoms with van der Waals surface area (Å²) < 4.78 is 12.7. The highest BCUT2D eigenvalue weighted by molar-refractivity contribution is 7.98. The molecule has 0 radical (unpaired) electrons. The molecule has 0 amide bonds. The zero-order chi connectivity index (χ0) is 13.0. The minimum atomic E-state index is -1.05. The number of aromatic nitrogens is 2. The molecule has 1 aromatic carbocycles. The van der Waals surface area contributed by atoms with Gasteiger partial charge in [-0.1, -0.05) is 0 Å². The third kappa shape index (κ3) is 3.27. The van der Waals surface area contributed by atoms with E-state index in [4.69, 9.17) is 5.11 Å². The average molecular weight is 264 g/mol. The highest BCUT2D eigenvalue weighted by Gasteiger charge is 2.04. The molecule has 0 saturated heterocycles. The number of aromatic carboxylic acids is 1. The van der Waals surface area contributed by atoms with E-state index in [1.54, 1.807) is 12.1 Å². The monoisotopic (exact) mass is 264 g/mol. The van der Waals surface area contributed by atoms with Gasteiger partial charge >= 0.3 is 5.97 Å². The lowest BCUT2D eigenvalue weighted by Crippen LogP contribution is -2.00. The minimum Gasteiger partial charge on any atom is -0.478 e. The Hall–Kier alpha value is -1.95. The van der Waals surface area contributed by atoms with Crippen molar-refractivity contribution in [3.8, 4) is 0 Å². The molecule has 2 aromatic rings. The van der Waals surface area contributed by atoms with Gasteiger partial charge in [0.1, 0.15) is 11.6 Å². The van der Waals surface area contributed by atoms with Crippen LogP contribution in [0.15, 0.2) is 41.6 Å². The molecule has 1 heterocycles. The van der Waals surface area contributed by atoms with Crippen LogP contribution in [0.4, 0.5) is 4.39 Å². The Morgan fingerprint density at radius 3 is 2.39 bits per heavy atom. The third-order valence-corrected chi connectivity index (χ3v) is 3.14. The summed E-state index contributed by atoms with van der Waals surface area (Å²) in [5, 5.41) is 8.69. The zero-order valence-electron chi connectivity index (χ0n) is 9.21. The van der Waals surface area contributed by atoms with E-state index >= 15 is 0 Å². The summed E-state index contributed by atoms with van der Waals surface area (Å²) in [6.07, 6.45) is 2.55. The number of halogens is 1. The fourth-order valence-corrected chi connectivity index (χ4v) is 1.99. The van der Waals surface area contributed by atoms with Gasteiger partial charge in [0.2, 0.25) is 0 Å². The van der Waals surface area contributed by atoms with E-state index in [2.05, 4.69) is 9.97 Å². The number of benzene rings is 1. The molecule has 2 rings (SSSR count). The molecule has 4 nitrogen and oxygen atoms in total. The standard InChI is InChI=1S/C12H9FN2O2S/c13-9-1-3-10(4-2-9)18-7-11-14-5-8(6-15-11)12(16)17/h1-6H,7H2,(H,16,17). The van der Waals surface area contributed by atoms with Crippen molar-refractivity contribution in [3.63, 3.8) is 0 Å². The molecule has 0 saturated carbocycles. The van der Waals surface area contributed by atoms with Crippen LogP contribution in [0, 0.1) is 5.82 Å². The summed E-state index contributed by atoms with van der Waals surface area (Å²) in [6.45, 7) is 0. The molecule has 92 valence electrons. The van der Waals surface area contributed by atoms with Crippen molar-refractivity contribution < 1.29 is 14.3 Å². The van der Waals surface area contributed by atoms with Crippen molar-refractivity contribution in [3.05, 3.63) is 53.9 Å². The zero-order valence-corrected chi connectivity index (χ0v) is 10.0. The average Bonchev–Trinajstić information content (AvgIpc) is 2.38. The summed E-state index contributed by atoms with van der Waals surface area (Å²) in [6, 6.07) is 6.12. The highest BCUT2D eigenvalue weighted by Crippen LogP contribution is 2.21. The SMILES string of the molecule is O=C(O)c1cnc(CSc2ccc(F)cc2)nc1. The van der Waals surface area contributed by atoms with Crippen LogP contribution in [0.1, 0.15) is 16.2 Å².